The van der Waals surface area contributed by atoms with E-state index in [9.17, 15) is 9.59 Å². The number of rotatable bonds is 5. The number of aryl methyl sites for hydroxylation is 1. The van der Waals surface area contributed by atoms with Crippen LogP contribution in [0.5, 0.6) is 0 Å². The highest BCUT2D eigenvalue weighted by atomic mass is 16.3. The highest BCUT2D eigenvalue weighted by Gasteiger charge is 2.29. The summed E-state index contributed by atoms with van der Waals surface area (Å²) < 4.78 is 7.23. The van der Waals surface area contributed by atoms with E-state index < -0.39 is 0 Å². The fraction of sp³-hybridized carbons (Fsp3) is 0.500. The maximum absolute atomic E-state index is 12.3. The van der Waals surface area contributed by atoms with E-state index in [4.69, 9.17) is 4.42 Å². The first kappa shape index (κ1) is 17.3. The Morgan fingerprint density at radius 1 is 1.36 bits per heavy atom. The largest absolute Gasteiger partial charge is 0.459 e. The van der Waals surface area contributed by atoms with Crippen molar-refractivity contribution in [2.75, 3.05) is 19.6 Å². The summed E-state index contributed by atoms with van der Waals surface area (Å²) in [6, 6.07) is 3.57. The van der Waals surface area contributed by atoms with Crippen molar-refractivity contribution < 1.29 is 14.0 Å². The molecule has 0 spiro atoms. The number of nitrogens with zero attached hydrogens (tertiary/aromatic N) is 4. The standard InChI is InChI=1S/C18H24N4O3/c1-14-19-7-10-20(14)11-12-22(15(2)23)16-5-8-21(9-6-16)18(24)17-4-3-13-25-17/h3-4,7,10,13,16H,5-6,8-9,11-12H2,1-2H3. The smallest absolute Gasteiger partial charge is 0.289 e. The normalized spacial score (nSPS) is 15.4. The molecule has 3 heterocycles. The van der Waals surface area contributed by atoms with Crippen LogP contribution in [0.4, 0.5) is 0 Å². The molecule has 3 rings (SSSR count). The van der Waals surface area contributed by atoms with E-state index in [2.05, 4.69) is 4.98 Å². The number of aromatic nitrogens is 2. The minimum atomic E-state index is -0.0770. The lowest BCUT2D eigenvalue weighted by Crippen LogP contribution is -2.49. The summed E-state index contributed by atoms with van der Waals surface area (Å²) in [5.41, 5.74) is 0. The molecule has 7 heteroatoms. The second-order valence-corrected chi connectivity index (χ2v) is 6.38. The molecule has 0 aromatic carbocycles. The molecule has 1 aliphatic rings. The molecule has 0 aliphatic carbocycles. The van der Waals surface area contributed by atoms with Gasteiger partial charge in [0, 0.05) is 51.5 Å². The monoisotopic (exact) mass is 344 g/mol. The van der Waals surface area contributed by atoms with Gasteiger partial charge in [-0.15, -0.1) is 0 Å². The Kier molecular flexibility index (Phi) is 5.21. The van der Waals surface area contributed by atoms with E-state index in [1.807, 2.05) is 22.6 Å². The van der Waals surface area contributed by atoms with E-state index in [-0.39, 0.29) is 17.9 Å². The molecule has 134 valence electrons. The van der Waals surface area contributed by atoms with Crippen molar-refractivity contribution in [1.29, 1.82) is 0 Å². The summed E-state index contributed by atoms with van der Waals surface area (Å²) in [7, 11) is 0. The number of hydrogen-bond acceptors (Lipinski definition) is 4. The molecule has 2 amide bonds. The lowest BCUT2D eigenvalue weighted by Gasteiger charge is -2.38. The minimum absolute atomic E-state index is 0.0770. The van der Waals surface area contributed by atoms with E-state index in [0.29, 0.717) is 25.4 Å². The number of likely N-dealkylation sites (tertiary alicyclic amines) is 1. The quantitative estimate of drug-likeness (QED) is 0.831. The first-order valence-corrected chi connectivity index (χ1v) is 8.64. The van der Waals surface area contributed by atoms with Gasteiger partial charge in [-0.1, -0.05) is 0 Å². The predicted octanol–water partition coefficient (Wildman–Crippen LogP) is 1.94. The summed E-state index contributed by atoms with van der Waals surface area (Å²) in [6.07, 6.45) is 6.78. The van der Waals surface area contributed by atoms with Crippen LogP contribution in [-0.4, -0.2) is 56.8 Å². The van der Waals surface area contributed by atoms with E-state index in [0.717, 1.165) is 25.2 Å². The van der Waals surface area contributed by atoms with E-state index in [1.54, 1.807) is 30.2 Å². The molecule has 0 atom stereocenters. The van der Waals surface area contributed by atoms with Crippen molar-refractivity contribution >= 4 is 11.8 Å². The van der Waals surface area contributed by atoms with Gasteiger partial charge in [0.25, 0.3) is 5.91 Å². The van der Waals surface area contributed by atoms with Crippen LogP contribution >= 0.6 is 0 Å². The van der Waals surface area contributed by atoms with Gasteiger partial charge in [0.05, 0.1) is 6.26 Å². The maximum atomic E-state index is 12.3. The number of furan rings is 1. The summed E-state index contributed by atoms with van der Waals surface area (Å²) in [4.78, 5) is 32.4. The zero-order valence-corrected chi connectivity index (χ0v) is 14.7. The fourth-order valence-corrected chi connectivity index (χ4v) is 3.39. The average molecular weight is 344 g/mol. The zero-order chi connectivity index (χ0) is 17.8. The second kappa shape index (κ2) is 7.55. The number of hydrogen-bond donors (Lipinski definition) is 0. The molecular weight excluding hydrogens is 320 g/mol. The van der Waals surface area contributed by atoms with Gasteiger partial charge in [-0.2, -0.15) is 0 Å². The van der Waals surface area contributed by atoms with Gasteiger partial charge in [-0.25, -0.2) is 4.98 Å². The van der Waals surface area contributed by atoms with Crippen LogP contribution in [0.2, 0.25) is 0 Å². The van der Waals surface area contributed by atoms with Gasteiger partial charge in [0.1, 0.15) is 5.82 Å². The predicted molar refractivity (Wildman–Crippen MR) is 92.0 cm³/mol. The van der Waals surface area contributed by atoms with Crippen molar-refractivity contribution in [2.45, 2.75) is 39.3 Å². The summed E-state index contributed by atoms with van der Waals surface area (Å²) in [5.74, 6) is 1.32. The lowest BCUT2D eigenvalue weighted by molar-refractivity contribution is -0.132. The van der Waals surface area contributed by atoms with Gasteiger partial charge in [0.2, 0.25) is 5.91 Å². The Morgan fingerprint density at radius 2 is 2.12 bits per heavy atom. The molecule has 7 nitrogen and oxygen atoms in total. The molecule has 1 aliphatic heterocycles. The van der Waals surface area contributed by atoms with Crippen LogP contribution in [0.15, 0.2) is 35.2 Å². The SMILES string of the molecule is CC(=O)N(CCn1ccnc1C)C1CCN(C(=O)c2ccco2)CC1. The van der Waals surface area contributed by atoms with Gasteiger partial charge in [-0.3, -0.25) is 9.59 Å². The number of piperidine rings is 1. The molecule has 2 aromatic rings. The van der Waals surface area contributed by atoms with Crippen molar-refractivity contribution in [2.24, 2.45) is 0 Å². The molecule has 0 unspecified atom stereocenters. The molecular formula is C18H24N4O3. The highest BCUT2D eigenvalue weighted by molar-refractivity contribution is 5.91. The van der Waals surface area contributed by atoms with Crippen molar-refractivity contribution in [3.63, 3.8) is 0 Å². The van der Waals surface area contributed by atoms with Crippen LogP contribution in [0.25, 0.3) is 0 Å². The number of imidazole rings is 1. The number of carbonyl (C=O) groups excluding carboxylic acids is 2. The third-order valence-corrected chi connectivity index (χ3v) is 4.83. The van der Waals surface area contributed by atoms with Crippen LogP contribution in [-0.2, 0) is 11.3 Å². The molecule has 0 radical (unpaired) electrons. The first-order chi connectivity index (χ1) is 12.1. The Labute approximate surface area is 147 Å². The molecule has 0 bridgehead atoms. The summed E-state index contributed by atoms with van der Waals surface area (Å²) >= 11 is 0. The molecule has 0 saturated carbocycles. The Balaban J connectivity index is 1.56. The summed E-state index contributed by atoms with van der Waals surface area (Å²) in [6.45, 7) is 6.23. The third-order valence-electron chi connectivity index (χ3n) is 4.83. The zero-order valence-electron chi connectivity index (χ0n) is 14.7. The molecule has 0 N–H and O–H groups in total. The van der Waals surface area contributed by atoms with Crippen LogP contribution < -0.4 is 0 Å². The molecule has 1 saturated heterocycles. The third kappa shape index (κ3) is 3.92. The Morgan fingerprint density at radius 3 is 2.68 bits per heavy atom. The molecule has 1 fully saturated rings. The first-order valence-electron chi connectivity index (χ1n) is 8.64. The topological polar surface area (TPSA) is 71.6 Å². The van der Waals surface area contributed by atoms with Crippen LogP contribution in [0, 0.1) is 6.92 Å². The van der Waals surface area contributed by atoms with Gasteiger partial charge >= 0.3 is 0 Å². The lowest BCUT2D eigenvalue weighted by atomic mass is 10.0. The number of carbonyl (C=O) groups is 2. The van der Waals surface area contributed by atoms with Gasteiger partial charge in [-0.05, 0) is 31.9 Å². The maximum Gasteiger partial charge on any atom is 0.289 e. The van der Waals surface area contributed by atoms with Crippen molar-refractivity contribution in [1.82, 2.24) is 19.4 Å². The second-order valence-electron chi connectivity index (χ2n) is 6.38. The average Bonchev–Trinajstić information content (AvgIpc) is 3.27. The van der Waals surface area contributed by atoms with Crippen molar-refractivity contribution in [3.8, 4) is 0 Å². The Bertz CT molecular complexity index is 715. The van der Waals surface area contributed by atoms with Crippen molar-refractivity contribution in [3.05, 3.63) is 42.4 Å². The van der Waals surface area contributed by atoms with Gasteiger partial charge in [0.15, 0.2) is 5.76 Å². The Hall–Kier alpha value is -2.57. The molecule has 25 heavy (non-hydrogen) atoms. The summed E-state index contributed by atoms with van der Waals surface area (Å²) in [5, 5.41) is 0. The van der Waals surface area contributed by atoms with Crippen LogP contribution in [0.1, 0.15) is 36.1 Å². The number of amides is 2. The van der Waals surface area contributed by atoms with Crippen LogP contribution in [0.3, 0.4) is 0 Å². The minimum Gasteiger partial charge on any atom is -0.459 e. The fourth-order valence-electron chi connectivity index (χ4n) is 3.39. The molecule has 2 aromatic heterocycles. The van der Waals surface area contributed by atoms with E-state index >= 15 is 0 Å². The highest BCUT2D eigenvalue weighted by Crippen LogP contribution is 2.19. The van der Waals surface area contributed by atoms with Gasteiger partial charge < -0.3 is 18.8 Å². The van der Waals surface area contributed by atoms with E-state index in [1.165, 1.54) is 6.26 Å².